The molecule has 1 aromatic rings. The van der Waals surface area contributed by atoms with E-state index in [-0.39, 0.29) is 0 Å². The average molecular weight is 157 g/mol. The summed E-state index contributed by atoms with van der Waals surface area (Å²) in [6, 6.07) is 10.2. The number of hydrogen-bond acceptors (Lipinski definition) is 1. The van der Waals surface area contributed by atoms with E-state index in [1.165, 1.54) is 11.1 Å². The van der Waals surface area contributed by atoms with Crippen molar-refractivity contribution in [1.29, 1.82) is 5.26 Å². The highest BCUT2D eigenvalue weighted by Crippen LogP contribution is 2.08. The molecule has 0 atom stereocenters. The summed E-state index contributed by atoms with van der Waals surface area (Å²) in [5.74, 6) is 0. The second kappa shape index (κ2) is 4.35. The van der Waals surface area contributed by atoms with Crippen LogP contribution in [-0.4, -0.2) is 0 Å². The van der Waals surface area contributed by atoms with Crippen molar-refractivity contribution < 1.29 is 0 Å². The van der Waals surface area contributed by atoms with Crippen LogP contribution >= 0.6 is 0 Å². The molecule has 12 heavy (non-hydrogen) atoms. The molecule has 1 nitrogen and oxygen atoms in total. The smallest absolute Gasteiger partial charge is 0.0663 e. The van der Waals surface area contributed by atoms with E-state index < -0.39 is 0 Å². The van der Waals surface area contributed by atoms with Gasteiger partial charge < -0.3 is 0 Å². The van der Waals surface area contributed by atoms with Gasteiger partial charge in [-0.1, -0.05) is 36.4 Å². The Hall–Kier alpha value is -1.55. The van der Waals surface area contributed by atoms with Crippen molar-refractivity contribution in [2.75, 3.05) is 0 Å². The van der Waals surface area contributed by atoms with Crippen molar-refractivity contribution in [3.63, 3.8) is 0 Å². The zero-order valence-electron chi connectivity index (χ0n) is 7.12. The highest BCUT2D eigenvalue weighted by molar-refractivity contribution is 5.53. The lowest BCUT2D eigenvalue weighted by molar-refractivity contribution is 1.36. The number of aryl methyl sites for hydroxylation is 1. The zero-order valence-corrected chi connectivity index (χ0v) is 7.12. The highest BCUT2D eigenvalue weighted by Gasteiger charge is 1.89. The number of nitriles is 1. The van der Waals surface area contributed by atoms with E-state index in [2.05, 4.69) is 19.1 Å². The van der Waals surface area contributed by atoms with Gasteiger partial charge in [-0.25, -0.2) is 0 Å². The molecule has 1 heteroatoms. The molecule has 0 aliphatic rings. The molecule has 0 bridgehead atoms. The first kappa shape index (κ1) is 8.55. The van der Waals surface area contributed by atoms with Crippen LogP contribution in [0.4, 0.5) is 0 Å². The molecule has 0 amide bonds. The van der Waals surface area contributed by atoms with Crippen LogP contribution < -0.4 is 0 Å². The van der Waals surface area contributed by atoms with Gasteiger partial charge in [0, 0.05) is 0 Å². The molecule has 0 heterocycles. The summed E-state index contributed by atoms with van der Waals surface area (Å²) in [6.07, 6.45) is 4.34. The van der Waals surface area contributed by atoms with Gasteiger partial charge in [-0.2, -0.15) is 5.26 Å². The topological polar surface area (TPSA) is 23.8 Å². The minimum atomic E-state index is 0.480. The van der Waals surface area contributed by atoms with Gasteiger partial charge in [0.1, 0.15) is 0 Å². The maximum Gasteiger partial charge on any atom is 0.0663 e. The predicted octanol–water partition coefficient (Wildman–Crippen LogP) is 2.92. The van der Waals surface area contributed by atoms with Gasteiger partial charge in [-0.05, 0) is 18.1 Å². The summed E-state index contributed by atoms with van der Waals surface area (Å²) in [5, 5.41) is 8.31. The van der Waals surface area contributed by atoms with Crippen molar-refractivity contribution in [2.24, 2.45) is 0 Å². The fourth-order valence-electron chi connectivity index (χ4n) is 1.01. The van der Waals surface area contributed by atoms with Crippen molar-refractivity contribution >= 4 is 6.08 Å². The lowest BCUT2D eigenvalue weighted by atomic mass is 10.1. The largest absolute Gasteiger partial charge is 0.198 e. The molecule has 60 valence electrons. The Morgan fingerprint density at radius 2 is 2.17 bits per heavy atom. The molecular formula is C11H11N. The summed E-state index contributed by atoms with van der Waals surface area (Å²) >= 11 is 0. The molecule has 0 aliphatic carbocycles. The third-order valence-corrected chi connectivity index (χ3v) is 1.70. The van der Waals surface area contributed by atoms with E-state index in [9.17, 15) is 0 Å². The van der Waals surface area contributed by atoms with Gasteiger partial charge in [0.15, 0.2) is 0 Å². The Kier molecular flexibility index (Phi) is 3.10. The Balaban J connectivity index is 2.77. The summed E-state index contributed by atoms with van der Waals surface area (Å²) in [4.78, 5) is 0. The van der Waals surface area contributed by atoms with Gasteiger partial charge >= 0.3 is 0 Å². The minimum Gasteiger partial charge on any atom is -0.198 e. The van der Waals surface area contributed by atoms with Crippen LogP contribution in [0, 0.1) is 18.3 Å². The molecule has 0 saturated carbocycles. The molecule has 1 rings (SSSR count). The maximum atomic E-state index is 8.31. The Labute approximate surface area is 73.0 Å². The first-order valence-corrected chi connectivity index (χ1v) is 3.93. The lowest BCUT2D eigenvalue weighted by Gasteiger charge is -1.96. The molecule has 0 aliphatic heterocycles. The first-order chi connectivity index (χ1) is 5.84. The number of benzene rings is 1. The average Bonchev–Trinajstić information content (AvgIpc) is 2.09. The van der Waals surface area contributed by atoms with Gasteiger partial charge in [-0.15, -0.1) is 0 Å². The summed E-state index contributed by atoms with van der Waals surface area (Å²) in [5.41, 5.74) is 2.43. The second-order valence-corrected chi connectivity index (χ2v) is 2.62. The second-order valence-electron chi connectivity index (χ2n) is 2.62. The van der Waals surface area contributed by atoms with Crippen LogP contribution in [0.3, 0.4) is 0 Å². The van der Waals surface area contributed by atoms with Crippen LogP contribution in [0.25, 0.3) is 6.08 Å². The normalized spacial score (nSPS) is 10.0. The zero-order chi connectivity index (χ0) is 8.81. The number of allylic oxidation sites excluding steroid dienone is 1. The van der Waals surface area contributed by atoms with Crippen LogP contribution in [0.1, 0.15) is 17.5 Å². The van der Waals surface area contributed by atoms with Crippen molar-refractivity contribution in [3.8, 4) is 6.07 Å². The third kappa shape index (κ3) is 2.25. The molecule has 0 N–H and O–H groups in total. The Morgan fingerprint density at radius 1 is 1.42 bits per heavy atom. The van der Waals surface area contributed by atoms with Crippen molar-refractivity contribution in [2.45, 2.75) is 13.3 Å². The Morgan fingerprint density at radius 3 is 2.83 bits per heavy atom. The molecule has 0 radical (unpaired) electrons. The summed E-state index contributed by atoms with van der Waals surface area (Å²) < 4.78 is 0. The van der Waals surface area contributed by atoms with E-state index in [0.29, 0.717) is 6.42 Å². The number of hydrogen-bond donors (Lipinski definition) is 0. The van der Waals surface area contributed by atoms with Gasteiger partial charge in [0.2, 0.25) is 0 Å². The third-order valence-electron chi connectivity index (χ3n) is 1.70. The molecule has 0 fully saturated rings. The van der Waals surface area contributed by atoms with E-state index >= 15 is 0 Å². The van der Waals surface area contributed by atoms with Gasteiger partial charge in [0.05, 0.1) is 12.5 Å². The SMILES string of the molecule is Cc1ccccc1/C=C/CC#N. The predicted molar refractivity (Wildman–Crippen MR) is 50.4 cm³/mol. The minimum absolute atomic E-state index is 0.480. The van der Waals surface area contributed by atoms with E-state index in [0.717, 1.165) is 0 Å². The molecule has 0 aromatic heterocycles. The molecule has 0 saturated heterocycles. The van der Waals surface area contributed by atoms with Crippen LogP contribution in [0.15, 0.2) is 30.3 Å². The van der Waals surface area contributed by atoms with Gasteiger partial charge in [-0.3, -0.25) is 0 Å². The fraction of sp³-hybridized carbons (Fsp3) is 0.182. The molecule has 1 aromatic carbocycles. The molecular weight excluding hydrogens is 146 g/mol. The van der Waals surface area contributed by atoms with E-state index in [4.69, 9.17) is 5.26 Å². The fourth-order valence-corrected chi connectivity index (χ4v) is 1.01. The van der Waals surface area contributed by atoms with E-state index in [1.54, 1.807) is 0 Å². The van der Waals surface area contributed by atoms with E-state index in [1.807, 2.05) is 30.4 Å². The highest BCUT2D eigenvalue weighted by atomic mass is 14.2. The van der Waals surface area contributed by atoms with Crippen molar-refractivity contribution in [1.82, 2.24) is 0 Å². The molecule has 0 unspecified atom stereocenters. The lowest BCUT2D eigenvalue weighted by Crippen LogP contribution is -1.77. The number of rotatable bonds is 2. The first-order valence-electron chi connectivity index (χ1n) is 3.93. The maximum absolute atomic E-state index is 8.31. The number of nitrogens with zero attached hydrogens (tertiary/aromatic N) is 1. The van der Waals surface area contributed by atoms with Crippen LogP contribution in [0.5, 0.6) is 0 Å². The van der Waals surface area contributed by atoms with Crippen molar-refractivity contribution in [3.05, 3.63) is 41.5 Å². The Bertz CT molecular complexity index is 318. The summed E-state index contributed by atoms with van der Waals surface area (Å²) in [7, 11) is 0. The summed E-state index contributed by atoms with van der Waals surface area (Å²) in [6.45, 7) is 2.06. The van der Waals surface area contributed by atoms with Gasteiger partial charge in [0.25, 0.3) is 0 Å². The van der Waals surface area contributed by atoms with Crippen LogP contribution in [-0.2, 0) is 0 Å². The standard InChI is InChI=1S/C11H11N/c1-10-6-2-3-7-11(10)8-4-5-9-12/h2-4,6-8H,5H2,1H3/b8-4+. The monoisotopic (exact) mass is 157 g/mol. The van der Waals surface area contributed by atoms with Crippen LogP contribution in [0.2, 0.25) is 0 Å². The quantitative estimate of drug-likeness (QED) is 0.647. The molecule has 0 spiro atoms.